The summed E-state index contributed by atoms with van der Waals surface area (Å²) in [4.78, 5) is 0.149. The number of primary sulfonamides is 1. The van der Waals surface area contributed by atoms with Crippen LogP contribution in [0.15, 0.2) is 29.2 Å². The lowest BCUT2D eigenvalue weighted by Crippen LogP contribution is -2.38. The van der Waals surface area contributed by atoms with Crippen LogP contribution in [0.5, 0.6) is 0 Å². The Bertz CT molecular complexity index is 557. The molecule has 0 amide bonds. The lowest BCUT2D eigenvalue weighted by Gasteiger charge is -2.31. The van der Waals surface area contributed by atoms with Gasteiger partial charge in [-0.15, -0.1) is 0 Å². The van der Waals surface area contributed by atoms with E-state index in [2.05, 4.69) is 12.2 Å². The monoisotopic (exact) mass is 312 g/mol. The second-order valence-electron chi connectivity index (χ2n) is 5.72. The average molecular weight is 312 g/mol. The van der Waals surface area contributed by atoms with Gasteiger partial charge in [-0.25, -0.2) is 13.6 Å². The van der Waals surface area contributed by atoms with Gasteiger partial charge in [-0.1, -0.05) is 12.1 Å². The predicted molar refractivity (Wildman–Crippen MR) is 82.4 cm³/mol. The third-order valence-corrected chi connectivity index (χ3v) is 5.08. The van der Waals surface area contributed by atoms with Crippen LogP contribution in [0.2, 0.25) is 0 Å². The highest BCUT2D eigenvalue weighted by Gasteiger charge is 2.23. The van der Waals surface area contributed by atoms with Crippen LogP contribution in [0.1, 0.15) is 44.2 Å². The number of ether oxygens (including phenoxy) is 1. The van der Waals surface area contributed by atoms with E-state index in [0.717, 1.165) is 24.8 Å². The van der Waals surface area contributed by atoms with Crippen LogP contribution in [0, 0.1) is 0 Å². The van der Waals surface area contributed by atoms with Crippen LogP contribution in [-0.2, 0) is 14.8 Å². The minimum atomic E-state index is -3.62. The quantitative estimate of drug-likeness (QED) is 0.870. The molecule has 1 fully saturated rings. The predicted octanol–water partition coefficient (Wildman–Crippen LogP) is 1.94. The van der Waals surface area contributed by atoms with E-state index in [1.54, 1.807) is 19.2 Å². The lowest BCUT2D eigenvalue weighted by molar-refractivity contribution is 0.0572. The largest absolute Gasteiger partial charge is 0.381 e. The number of nitrogens with two attached hydrogens (primary N) is 1. The maximum Gasteiger partial charge on any atom is 0.238 e. The van der Waals surface area contributed by atoms with E-state index in [0.29, 0.717) is 12.1 Å². The maximum atomic E-state index is 11.2. The van der Waals surface area contributed by atoms with Gasteiger partial charge in [0, 0.05) is 19.2 Å². The van der Waals surface area contributed by atoms with Crippen molar-refractivity contribution in [1.82, 2.24) is 5.32 Å². The van der Waals surface area contributed by atoms with E-state index in [9.17, 15) is 8.42 Å². The summed E-state index contributed by atoms with van der Waals surface area (Å²) in [5.41, 5.74) is 1.06. The topological polar surface area (TPSA) is 81.4 Å². The van der Waals surface area contributed by atoms with Gasteiger partial charge in [0.1, 0.15) is 0 Å². The van der Waals surface area contributed by atoms with Crippen LogP contribution in [0.25, 0.3) is 0 Å². The Morgan fingerprint density at radius 2 is 1.95 bits per heavy atom. The first-order chi connectivity index (χ1) is 9.90. The van der Waals surface area contributed by atoms with Crippen LogP contribution in [0.4, 0.5) is 0 Å². The van der Waals surface area contributed by atoms with Crippen molar-refractivity contribution in [3.05, 3.63) is 29.8 Å². The summed E-state index contributed by atoms with van der Waals surface area (Å²) in [6.45, 7) is 2.09. The Balaban J connectivity index is 1.98. The summed E-state index contributed by atoms with van der Waals surface area (Å²) < 4.78 is 27.9. The molecule has 1 aliphatic carbocycles. The summed E-state index contributed by atoms with van der Waals surface area (Å²) in [6, 6.07) is 7.35. The SMILES string of the molecule is COC1CCCC(NC(C)c2ccc(S(N)(=O)=O)cc2)C1. The molecule has 0 aromatic heterocycles. The van der Waals surface area contributed by atoms with Gasteiger partial charge in [-0.2, -0.15) is 0 Å². The lowest BCUT2D eigenvalue weighted by atomic mass is 9.92. The molecule has 0 aliphatic heterocycles. The molecule has 5 nitrogen and oxygen atoms in total. The molecule has 1 aromatic carbocycles. The molecule has 3 atom stereocenters. The molecule has 1 saturated carbocycles. The second kappa shape index (κ2) is 6.87. The third kappa shape index (κ3) is 4.51. The van der Waals surface area contributed by atoms with E-state index < -0.39 is 10.0 Å². The van der Waals surface area contributed by atoms with Gasteiger partial charge in [-0.05, 0) is 50.3 Å². The fraction of sp³-hybridized carbons (Fsp3) is 0.600. The molecule has 6 heteroatoms. The Morgan fingerprint density at radius 3 is 2.52 bits per heavy atom. The normalized spacial score (nSPS) is 24.7. The van der Waals surface area contributed by atoms with E-state index >= 15 is 0 Å². The average Bonchev–Trinajstić information content (AvgIpc) is 2.46. The minimum absolute atomic E-state index is 0.149. The molecule has 2 rings (SSSR count). The number of methoxy groups -OCH3 is 1. The molecule has 0 spiro atoms. The van der Waals surface area contributed by atoms with E-state index in [1.807, 2.05) is 12.1 Å². The molecule has 1 aromatic rings. The van der Waals surface area contributed by atoms with Gasteiger partial charge >= 0.3 is 0 Å². The Morgan fingerprint density at radius 1 is 1.29 bits per heavy atom. The minimum Gasteiger partial charge on any atom is -0.381 e. The Kier molecular flexibility index (Phi) is 5.37. The standard InChI is InChI=1S/C15H24N2O3S/c1-11(17-13-4-3-5-14(10-13)20-2)12-6-8-15(9-7-12)21(16,18)19/h6-9,11,13-14,17H,3-5,10H2,1-2H3,(H2,16,18,19). The van der Waals surface area contributed by atoms with E-state index in [-0.39, 0.29) is 10.9 Å². The summed E-state index contributed by atoms with van der Waals surface area (Å²) >= 11 is 0. The fourth-order valence-electron chi connectivity index (χ4n) is 2.91. The molecule has 0 bridgehead atoms. The van der Waals surface area contributed by atoms with Crippen molar-refractivity contribution in [3.63, 3.8) is 0 Å². The number of nitrogens with one attached hydrogen (secondary N) is 1. The van der Waals surface area contributed by atoms with E-state index in [4.69, 9.17) is 9.88 Å². The van der Waals surface area contributed by atoms with Gasteiger partial charge in [0.2, 0.25) is 10.0 Å². The number of hydrogen-bond donors (Lipinski definition) is 2. The number of hydrogen-bond acceptors (Lipinski definition) is 4. The first-order valence-electron chi connectivity index (χ1n) is 7.31. The molecular weight excluding hydrogens is 288 g/mol. The second-order valence-corrected chi connectivity index (χ2v) is 7.29. The van der Waals surface area contributed by atoms with Crippen molar-refractivity contribution >= 4 is 10.0 Å². The summed E-state index contributed by atoms with van der Waals surface area (Å²) in [7, 11) is -1.85. The van der Waals surface area contributed by atoms with Crippen molar-refractivity contribution in [3.8, 4) is 0 Å². The zero-order valence-electron chi connectivity index (χ0n) is 12.6. The molecule has 21 heavy (non-hydrogen) atoms. The van der Waals surface area contributed by atoms with Crippen molar-refractivity contribution in [2.75, 3.05) is 7.11 Å². The maximum absolute atomic E-state index is 11.2. The number of sulfonamides is 1. The zero-order chi connectivity index (χ0) is 15.5. The third-order valence-electron chi connectivity index (χ3n) is 4.15. The van der Waals surface area contributed by atoms with Gasteiger partial charge < -0.3 is 10.1 Å². The molecule has 0 heterocycles. The van der Waals surface area contributed by atoms with Gasteiger partial charge in [0.25, 0.3) is 0 Å². The van der Waals surface area contributed by atoms with Gasteiger partial charge in [0.15, 0.2) is 0 Å². The van der Waals surface area contributed by atoms with Gasteiger partial charge in [0.05, 0.1) is 11.0 Å². The molecular formula is C15H24N2O3S. The summed E-state index contributed by atoms with van der Waals surface area (Å²) in [5.74, 6) is 0. The Hall–Kier alpha value is -0.950. The van der Waals surface area contributed by atoms with Crippen molar-refractivity contribution < 1.29 is 13.2 Å². The van der Waals surface area contributed by atoms with Crippen molar-refractivity contribution in [1.29, 1.82) is 0 Å². The molecule has 0 radical (unpaired) electrons. The molecule has 0 saturated heterocycles. The molecule has 118 valence electrons. The van der Waals surface area contributed by atoms with Gasteiger partial charge in [-0.3, -0.25) is 0 Å². The van der Waals surface area contributed by atoms with Crippen molar-refractivity contribution in [2.24, 2.45) is 5.14 Å². The number of rotatable bonds is 5. The first-order valence-corrected chi connectivity index (χ1v) is 8.86. The summed E-state index contributed by atoms with van der Waals surface area (Å²) in [6.07, 6.45) is 4.82. The highest BCUT2D eigenvalue weighted by molar-refractivity contribution is 7.89. The number of benzene rings is 1. The molecule has 1 aliphatic rings. The highest BCUT2D eigenvalue weighted by atomic mass is 32.2. The van der Waals surface area contributed by atoms with E-state index in [1.165, 1.54) is 6.42 Å². The Labute approximate surface area is 126 Å². The molecule has 3 N–H and O–H groups in total. The van der Waals surface area contributed by atoms with Crippen molar-refractivity contribution in [2.45, 2.75) is 55.7 Å². The van der Waals surface area contributed by atoms with Crippen LogP contribution >= 0.6 is 0 Å². The van der Waals surface area contributed by atoms with Crippen LogP contribution in [-0.4, -0.2) is 27.7 Å². The first kappa shape index (κ1) is 16.4. The van der Waals surface area contributed by atoms with Crippen LogP contribution < -0.4 is 10.5 Å². The van der Waals surface area contributed by atoms with Crippen LogP contribution in [0.3, 0.4) is 0 Å². The highest BCUT2D eigenvalue weighted by Crippen LogP contribution is 2.24. The summed E-state index contributed by atoms with van der Waals surface area (Å²) in [5, 5.41) is 8.70. The fourth-order valence-corrected chi connectivity index (χ4v) is 3.42. The zero-order valence-corrected chi connectivity index (χ0v) is 13.4. The molecule has 3 unspecified atom stereocenters. The smallest absolute Gasteiger partial charge is 0.238 e.